The average molecular weight is 321 g/mol. The largest absolute Gasteiger partial charge is 0.496 e. The van der Waals surface area contributed by atoms with Gasteiger partial charge in [-0.25, -0.2) is 4.39 Å². The first-order valence-electron chi connectivity index (χ1n) is 8.44. The summed E-state index contributed by atoms with van der Waals surface area (Å²) in [5.74, 6) is 1.35. The van der Waals surface area contributed by atoms with Crippen LogP contribution in [0.3, 0.4) is 0 Å². The van der Waals surface area contributed by atoms with Crippen molar-refractivity contribution in [2.45, 2.75) is 57.6 Å². The second kappa shape index (κ2) is 5.45. The molecule has 1 saturated heterocycles. The number of rotatable bonds is 2. The Morgan fingerprint density at radius 1 is 1.26 bits per heavy atom. The molecule has 1 aromatic rings. The molecule has 0 spiro atoms. The van der Waals surface area contributed by atoms with Crippen molar-refractivity contribution in [2.75, 3.05) is 14.2 Å². The lowest BCUT2D eigenvalue weighted by Gasteiger charge is -2.46. The molecular weight excluding hydrogens is 293 g/mol. The zero-order chi connectivity index (χ0) is 17.0. The van der Waals surface area contributed by atoms with Gasteiger partial charge in [0.05, 0.1) is 12.7 Å². The summed E-state index contributed by atoms with van der Waals surface area (Å²) in [6.45, 7) is 8.93. The van der Waals surface area contributed by atoms with E-state index in [1.165, 1.54) is 6.07 Å². The molecule has 0 N–H and O–H groups in total. The van der Waals surface area contributed by atoms with Crippen molar-refractivity contribution in [1.82, 2.24) is 5.06 Å². The fraction of sp³-hybridized carbons (Fsp3) is 0.684. The fourth-order valence-electron chi connectivity index (χ4n) is 5.07. The number of halogens is 1. The molecule has 0 amide bonds. The molecule has 2 aliphatic rings. The molecule has 128 valence electrons. The van der Waals surface area contributed by atoms with E-state index in [4.69, 9.17) is 9.57 Å². The van der Waals surface area contributed by atoms with Crippen LogP contribution in [-0.2, 0) is 10.3 Å². The molecule has 1 aromatic carbocycles. The van der Waals surface area contributed by atoms with E-state index in [0.717, 1.165) is 18.4 Å². The van der Waals surface area contributed by atoms with Gasteiger partial charge in [0.15, 0.2) is 0 Å². The maximum absolute atomic E-state index is 13.6. The fourth-order valence-corrected chi connectivity index (χ4v) is 5.07. The summed E-state index contributed by atoms with van der Waals surface area (Å²) in [7, 11) is 3.66. The van der Waals surface area contributed by atoms with Gasteiger partial charge in [-0.15, -0.1) is 0 Å². The molecule has 1 aliphatic heterocycles. The van der Waals surface area contributed by atoms with E-state index in [1.807, 2.05) is 13.1 Å². The summed E-state index contributed by atoms with van der Waals surface area (Å²) in [6.07, 6.45) is 2.06. The van der Waals surface area contributed by atoms with E-state index >= 15 is 0 Å². The molecular formula is C19H28FNO2. The monoisotopic (exact) mass is 321 g/mol. The van der Waals surface area contributed by atoms with Gasteiger partial charge in [-0.05, 0) is 44.1 Å². The molecule has 0 unspecified atom stereocenters. The van der Waals surface area contributed by atoms with Crippen LogP contribution < -0.4 is 4.74 Å². The van der Waals surface area contributed by atoms with Crippen molar-refractivity contribution >= 4 is 0 Å². The van der Waals surface area contributed by atoms with Gasteiger partial charge in [-0.2, -0.15) is 5.06 Å². The van der Waals surface area contributed by atoms with Crippen LogP contribution in [0.2, 0.25) is 0 Å². The van der Waals surface area contributed by atoms with Gasteiger partial charge in [0, 0.05) is 30.6 Å². The Hall–Kier alpha value is -1.13. The zero-order valence-electron chi connectivity index (χ0n) is 15.0. The Kier molecular flexibility index (Phi) is 3.96. The highest BCUT2D eigenvalue weighted by molar-refractivity contribution is 5.40. The zero-order valence-corrected chi connectivity index (χ0v) is 15.0. The van der Waals surface area contributed by atoms with Crippen LogP contribution in [-0.4, -0.2) is 30.9 Å². The molecule has 3 rings (SSSR count). The van der Waals surface area contributed by atoms with Crippen LogP contribution >= 0.6 is 0 Å². The lowest BCUT2D eigenvalue weighted by Crippen LogP contribution is -2.48. The summed E-state index contributed by atoms with van der Waals surface area (Å²) in [6, 6.07) is 5.37. The first-order chi connectivity index (χ1) is 10.7. The van der Waals surface area contributed by atoms with Gasteiger partial charge in [0.25, 0.3) is 0 Å². The number of hydroxylamine groups is 2. The standard InChI is InChI=1S/C19H28FNO2/c1-12-10-19(4,14-8-7-13(20)9-16(14)22-6)11-15-17(12)21(5)23-18(15,2)3/h7-9,12,15,17H,10-11H2,1-6H3/t12-,15+,17+,19+/m0/s1. The molecule has 0 radical (unpaired) electrons. The summed E-state index contributed by atoms with van der Waals surface area (Å²) in [5.41, 5.74) is 0.894. The number of methoxy groups -OCH3 is 1. The van der Waals surface area contributed by atoms with Crippen molar-refractivity contribution in [3.63, 3.8) is 0 Å². The number of fused-ring (bicyclic) bond motifs is 1. The van der Waals surface area contributed by atoms with Crippen LogP contribution in [0.1, 0.15) is 46.1 Å². The van der Waals surface area contributed by atoms with E-state index in [9.17, 15) is 4.39 Å². The smallest absolute Gasteiger partial charge is 0.126 e. The molecule has 0 aromatic heterocycles. The Bertz CT molecular complexity index is 603. The average Bonchev–Trinajstić information content (AvgIpc) is 2.67. The van der Waals surface area contributed by atoms with E-state index in [-0.39, 0.29) is 16.8 Å². The molecule has 4 atom stereocenters. The number of nitrogens with zero attached hydrogens (tertiary/aromatic N) is 1. The van der Waals surface area contributed by atoms with E-state index in [2.05, 4.69) is 32.8 Å². The Morgan fingerprint density at radius 3 is 2.61 bits per heavy atom. The number of ether oxygens (including phenoxy) is 1. The van der Waals surface area contributed by atoms with Crippen molar-refractivity contribution in [3.8, 4) is 5.75 Å². The predicted octanol–water partition coefficient (Wildman–Crippen LogP) is 4.16. The van der Waals surface area contributed by atoms with Crippen molar-refractivity contribution in [1.29, 1.82) is 0 Å². The summed E-state index contributed by atoms with van der Waals surface area (Å²) in [5, 5.41) is 2.05. The van der Waals surface area contributed by atoms with Gasteiger partial charge in [0.2, 0.25) is 0 Å². The number of benzene rings is 1. The highest BCUT2D eigenvalue weighted by atomic mass is 19.1. The van der Waals surface area contributed by atoms with Crippen LogP contribution in [0.15, 0.2) is 18.2 Å². The highest BCUT2D eigenvalue weighted by Crippen LogP contribution is 2.54. The van der Waals surface area contributed by atoms with Crippen LogP contribution in [0, 0.1) is 17.7 Å². The van der Waals surface area contributed by atoms with Gasteiger partial charge in [-0.1, -0.05) is 19.9 Å². The summed E-state index contributed by atoms with van der Waals surface area (Å²) < 4.78 is 19.1. The number of hydrogen-bond acceptors (Lipinski definition) is 3. The van der Waals surface area contributed by atoms with Gasteiger partial charge in [-0.3, -0.25) is 4.84 Å². The van der Waals surface area contributed by atoms with E-state index < -0.39 is 0 Å². The van der Waals surface area contributed by atoms with Crippen LogP contribution in [0.5, 0.6) is 5.75 Å². The third kappa shape index (κ3) is 2.66. The maximum Gasteiger partial charge on any atom is 0.126 e. The highest BCUT2D eigenvalue weighted by Gasteiger charge is 2.55. The lowest BCUT2D eigenvalue weighted by atomic mass is 9.59. The first kappa shape index (κ1) is 16.7. The lowest BCUT2D eigenvalue weighted by molar-refractivity contribution is -0.182. The molecule has 2 fully saturated rings. The van der Waals surface area contributed by atoms with Crippen LogP contribution in [0.25, 0.3) is 0 Å². The molecule has 1 saturated carbocycles. The Labute approximate surface area is 138 Å². The number of hydrogen-bond donors (Lipinski definition) is 0. The maximum atomic E-state index is 13.6. The minimum atomic E-state index is -0.250. The Morgan fingerprint density at radius 2 is 1.96 bits per heavy atom. The first-order valence-corrected chi connectivity index (χ1v) is 8.44. The SMILES string of the molecule is COc1cc(F)ccc1[C@@]1(C)C[C@@H]2[C@@H]([C@@H](C)C1)N(C)OC2(C)C. The Balaban J connectivity index is 2.01. The van der Waals surface area contributed by atoms with E-state index in [0.29, 0.717) is 23.6 Å². The second-order valence-corrected chi connectivity index (χ2v) is 8.13. The third-order valence-electron chi connectivity index (χ3n) is 5.94. The van der Waals surface area contributed by atoms with Gasteiger partial charge >= 0.3 is 0 Å². The summed E-state index contributed by atoms with van der Waals surface area (Å²) in [4.78, 5) is 6.11. The molecule has 4 heteroatoms. The van der Waals surface area contributed by atoms with Crippen molar-refractivity contribution < 1.29 is 14.0 Å². The predicted molar refractivity (Wildman–Crippen MR) is 88.9 cm³/mol. The molecule has 1 aliphatic carbocycles. The molecule has 23 heavy (non-hydrogen) atoms. The normalized spacial score (nSPS) is 36.7. The van der Waals surface area contributed by atoms with E-state index in [1.54, 1.807) is 13.2 Å². The quantitative estimate of drug-likeness (QED) is 0.816. The minimum Gasteiger partial charge on any atom is -0.496 e. The molecule has 1 heterocycles. The summed E-state index contributed by atoms with van der Waals surface area (Å²) >= 11 is 0. The third-order valence-corrected chi connectivity index (χ3v) is 5.94. The van der Waals surface area contributed by atoms with Crippen molar-refractivity contribution in [2.24, 2.45) is 11.8 Å². The molecule has 3 nitrogen and oxygen atoms in total. The topological polar surface area (TPSA) is 21.7 Å². The second-order valence-electron chi connectivity index (χ2n) is 8.13. The van der Waals surface area contributed by atoms with Crippen molar-refractivity contribution in [3.05, 3.63) is 29.6 Å². The van der Waals surface area contributed by atoms with Gasteiger partial charge in [0.1, 0.15) is 11.6 Å². The van der Waals surface area contributed by atoms with Gasteiger partial charge < -0.3 is 4.74 Å². The minimum absolute atomic E-state index is 0.0363. The van der Waals surface area contributed by atoms with Crippen LogP contribution in [0.4, 0.5) is 4.39 Å². The molecule has 0 bridgehead atoms.